The predicted octanol–water partition coefficient (Wildman–Crippen LogP) is 3.29. The van der Waals surface area contributed by atoms with Crippen molar-refractivity contribution in [2.45, 2.75) is 31.6 Å². The summed E-state index contributed by atoms with van der Waals surface area (Å²) in [5, 5.41) is 5.60. The van der Waals surface area contributed by atoms with E-state index in [0.717, 1.165) is 25.9 Å². The van der Waals surface area contributed by atoms with Gasteiger partial charge in [0.1, 0.15) is 10.6 Å². The number of likely N-dealkylation sites (N-methyl/N-ethyl adjacent to an activating group) is 1. The Kier molecular flexibility index (Phi) is 8.28. The number of sulfonamides is 1. The van der Waals surface area contributed by atoms with Crippen molar-refractivity contribution in [3.63, 3.8) is 0 Å². The number of nitrogens with zero attached hydrogens (tertiary/aromatic N) is 2. The van der Waals surface area contributed by atoms with Crippen molar-refractivity contribution in [2.24, 2.45) is 5.14 Å². The Morgan fingerprint density at radius 2 is 1.76 bits per heavy atom. The molecule has 0 unspecified atom stereocenters. The van der Waals surface area contributed by atoms with Gasteiger partial charge in [-0.15, -0.1) is 0 Å². The smallest absolute Gasteiger partial charge is 0.260 e. The highest BCUT2D eigenvalue weighted by Gasteiger charge is 2.27. The van der Waals surface area contributed by atoms with Gasteiger partial charge in [-0.3, -0.25) is 4.79 Å². The molecule has 1 aliphatic heterocycles. The number of hydrogen-bond acceptors (Lipinski definition) is 7. The Labute approximate surface area is 200 Å². The molecule has 1 saturated heterocycles. The minimum Gasteiger partial charge on any atom is -0.473 e. The van der Waals surface area contributed by atoms with Crippen molar-refractivity contribution in [3.8, 4) is 11.5 Å². The van der Waals surface area contributed by atoms with Gasteiger partial charge in [-0.1, -0.05) is 18.2 Å². The fourth-order valence-electron chi connectivity index (χ4n) is 3.70. The lowest BCUT2D eigenvalue weighted by Crippen LogP contribution is -2.34. The molecule has 0 saturated carbocycles. The summed E-state index contributed by atoms with van der Waals surface area (Å²) in [6.07, 6.45) is 1.94. The monoisotopic (exact) mass is 491 g/mol. The van der Waals surface area contributed by atoms with E-state index in [1.807, 2.05) is 24.8 Å². The first-order chi connectivity index (χ1) is 15.7. The molecular weight excluding hydrogens is 462 g/mol. The van der Waals surface area contributed by atoms with Crippen molar-refractivity contribution in [2.75, 3.05) is 37.7 Å². The first-order valence-corrected chi connectivity index (χ1v) is 12.8. The SMILES string of the molecule is CCN(CC)C(=O)COC(=S)c1cc(N2CCCC2)c(Oc2ccccc2)c(S(N)(=O)=O)c1. The lowest BCUT2D eigenvalue weighted by Gasteiger charge is -2.24. The molecule has 10 heteroatoms. The minimum atomic E-state index is -4.16. The number of hydrogen-bond donors (Lipinski definition) is 1. The third-order valence-electron chi connectivity index (χ3n) is 5.43. The summed E-state index contributed by atoms with van der Waals surface area (Å²) in [6.45, 7) is 6.14. The summed E-state index contributed by atoms with van der Waals surface area (Å²) < 4.78 is 36.7. The van der Waals surface area contributed by atoms with Crippen LogP contribution in [0, 0.1) is 0 Å². The Bertz CT molecular complexity index is 1100. The van der Waals surface area contributed by atoms with Crippen LogP contribution in [0.25, 0.3) is 0 Å². The van der Waals surface area contributed by atoms with Crippen LogP contribution in [0.5, 0.6) is 11.5 Å². The fourth-order valence-corrected chi connectivity index (χ4v) is 4.57. The molecular formula is C23H29N3O5S2. The van der Waals surface area contributed by atoms with Crippen LogP contribution in [0.3, 0.4) is 0 Å². The highest BCUT2D eigenvalue weighted by molar-refractivity contribution is 7.89. The Balaban J connectivity index is 2.01. The number of carbonyl (C=O) groups excluding carboxylic acids is 1. The number of nitrogens with two attached hydrogens (primary N) is 1. The Morgan fingerprint density at radius 3 is 2.33 bits per heavy atom. The first kappa shape index (κ1) is 24.9. The molecule has 8 nitrogen and oxygen atoms in total. The Morgan fingerprint density at radius 1 is 1.12 bits per heavy atom. The third-order valence-corrected chi connectivity index (χ3v) is 6.70. The largest absolute Gasteiger partial charge is 0.473 e. The van der Waals surface area contributed by atoms with E-state index in [0.29, 0.717) is 30.1 Å². The second kappa shape index (κ2) is 11.0. The number of amides is 1. The molecule has 0 atom stereocenters. The molecule has 0 aliphatic carbocycles. The van der Waals surface area contributed by atoms with Gasteiger partial charge < -0.3 is 19.3 Å². The zero-order valence-corrected chi connectivity index (χ0v) is 20.5. The summed E-state index contributed by atoms with van der Waals surface area (Å²) >= 11 is 5.40. The van der Waals surface area contributed by atoms with Crippen molar-refractivity contribution < 1.29 is 22.7 Å². The van der Waals surface area contributed by atoms with Crippen LogP contribution in [-0.2, 0) is 19.6 Å². The van der Waals surface area contributed by atoms with Gasteiger partial charge in [0.15, 0.2) is 17.4 Å². The number of para-hydroxylation sites is 1. The molecule has 0 bridgehead atoms. The lowest BCUT2D eigenvalue weighted by atomic mass is 10.1. The van der Waals surface area contributed by atoms with Gasteiger partial charge in [0.25, 0.3) is 5.91 Å². The van der Waals surface area contributed by atoms with Gasteiger partial charge in [0.05, 0.1) is 5.69 Å². The van der Waals surface area contributed by atoms with E-state index >= 15 is 0 Å². The maximum absolute atomic E-state index is 12.6. The molecule has 3 rings (SSSR count). The predicted molar refractivity (Wildman–Crippen MR) is 131 cm³/mol. The Hall–Kier alpha value is -2.69. The molecule has 1 heterocycles. The molecule has 178 valence electrons. The number of primary sulfonamides is 1. The fraction of sp³-hybridized carbons (Fsp3) is 0.391. The molecule has 1 amide bonds. The maximum Gasteiger partial charge on any atom is 0.260 e. The summed E-state index contributed by atoms with van der Waals surface area (Å²) in [6, 6.07) is 12.0. The molecule has 0 spiro atoms. The summed E-state index contributed by atoms with van der Waals surface area (Å²) in [5.74, 6) is 0.438. The topological polar surface area (TPSA) is 102 Å². The van der Waals surface area contributed by atoms with Gasteiger partial charge in [-0.05, 0) is 63.2 Å². The van der Waals surface area contributed by atoms with Crippen molar-refractivity contribution >= 4 is 38.9 Å². The van der Waals surface area contributed by atoms with E-state index < -0.39 is 10.0 Å². The highest BCUT2D eigenvalue weighted by atomic mass is 32.2. The van der Waals surface area contributed by atoms with Gasteiger partial charge in [-0.25, -0.2) is 13.6 Å². The molecule has 33 heavy (non-hydrogen) atoms. The van der Waals surface area contributed by atoms with Crippen LogP contribution in [0.4, 0.5) is 5.69 Å². The van der Waals surface area contributed by atoms with Crippen molar-refractivity contribution in [3.05, 3.63) is 48.0 Å². The standard InChI is InChI=1S/C23H29N3O5S2/c1-3-25(4-2)21(27)16-30-23(32)17-14-19(26-12-8-9-13-26)22(20(15-17)33(24,28)29)31-18-10-6-5-7-11-18/h5-7,10-11,14-15H,3-4,8-9,12-13,16H2,1-2H3,(H2,24,28,29). The molecule has 2 aromatic rings. The van der Waals surface area contributed by atoms with Gasteiger partial charge in [-0.2, -0.15) is 0 Å². The average molecular weight is 492 g/mol. The van der Waals surface area contributed by atoms with E-state index in [1.165, 1.54) is 6.07 Å². The quantitative estimate of drug-likeness (QED) is 0.537. The van der Waals surface area contributed by atoms with Crippen LogP contribution >= 0.6 is 12.2 Å². The number of benzene rings is 2. The molecule has 2 aromatic carbocycles. The number of carbonyl (C=O) groups is 1. The van der Waals surface area contributed by atoms with Crippen LogP contribution in [-0.4, -0.2) is 57.1 Å². The van der Waals surface area contributed by atoms with E-state index in [-0.39, 0.29) is 28.2 Å². The van der Waals surface area contributed by atoms with Crippen LogP contribution < -0.4 is 14.8 Å². The highest BCUT2D eigenvalue weighted by Crippen LogP contribution is 2.40. The summed E-state index contributed by atoms with van der Waals surface area (Å²) in [5.41, 5.74) is 0.919. The second-order valence-electron chi connectivity index (χ2n) is 7.62. The van der Waals surface area contributed by atoms with Crippen LogP contribution in [0.15, 0.2) is 47.4 Å². The molecule has 2 N–H and O–H groups in total. The van der Waals surface area contributed by atoms with E-state index in [9.17, 15) is 13.2 Å². The number of ether oxygens (including phenoxy) is 2. The zero-order chi connectivity index (χ0) is 24.0. The molecule has 1 aliphatic rings. The van der Waals surface area contributed by atoms with E-state index in [2.05, 4.69) is 0 Å². The third kappa shape index (κ3) is 6.21. The van der Waals surface area contributed by atoms with Crippen LogP contribution in [0.1, 0.15) is 32.3 Å². The van der Waals surface area contributed by atoms with Crippen LogP contribution in [0.2, 0.25) is 0 Å². The van der Waals surface area contributed by atoms with E-state index in [4.69, 9.17) is 26.8 Å². The van der Waals surface area contributed by atoms with Crippen molar-refractivity contribution in [1.82, 2.24) is 4.90 Å². The number of thiocarbonyl (C=S) groups is 1. The summed E-state index contributed by atoms with van der Waals surface area (Å²) in [4.78, 5) is 15.8. The maximum atomic E-state index is 12.6. The van der Waals surface area contributed by atoms with Gasteiger partial charge in [0.2, 0.25) is 10.0 Å². The van der Waals surface area contributed by atoms with E-state index in [1.54, 1.807) is 35.2 Å². The van der Waals surface area contributed by atoms with Crippen molar-refractivity contribution in [1.29, 1.82) is 0 Å². The minimum absolute atomic E-state index is 0.0205. The number of anilines is 1. The zero-order valence-electron chi connectivity index (χ0n) is 18.8. The first-order valence-electron chi connectivity index (χ1n) is 10.9. The van der Waals surface area contributed by atoms with Gasteiger partial charge >= 0.3 is 0 Å². The average Bonchev–Trinajstić information content (AvgIpc) is 3.33. The molecule has 1 fully saturated rings. The second-order valence-corrected chi connectivity index (χ2v) is 9.52. The normalized spacial score (nSPS) is 13.6. The number of rotatable bonds is 9. The molecule has 0 aromatic heterocycles. The van der Waals surface area contributed by atoms with Gasteiger partial charge in [0, 0.05) is 31.7 Å². The lowest BCUT2D eigenvalue weighted by molar-refractivity contribution is -0.133. The summed E-state index contributed by atoms with van der Waals surface area (Å²) in [7, 11) is -4.16. The molecule has 0 radical (unpaired) electrons.